The Kier molecular flexibility index (Phi) is 2.66. The Balaban J connectivity index is 2.87. The van der Waals surface area contributed by atoms with Crippen molar-refractivity contribution >= 4 is 0 Å². The highest BCUT2D eigenvalue weighted by Gasteiger charge is 2.27. The molecule has 0 spiro atoms. The second-order valence-electron chi connectivity index (χ2n) is 3.08. The molecule has 1 rings (SSSR count). The molecule has 13 heavy (non-hydrogen) atoms. The maximum absolute atomic E-state index is 12.7. The van der Waals surface area contributed by atoms with Crippen LogP contribution in [0.3, 0.4) is 0 Å². The van der Waals surface area contributed by atoms with Gasteiger partial charge in [-0.3, -0.25) is 0 Å². The largest absolute Gasteiger partial charge is 0.340 e. The van der Waals surface area contributed by atoms with Gasteiger partial charge in [-0.2, -0.15) is 8.78 Å². The molecular weight excluding hydrogens is 176 g/mol. The Hall–Kier alpha value is -0.970. The molecule has 0 bridgehead atoms. The third kappa shape index (κ3) is 2.24. The Morgan fingerprint density at radius 1 is 1.62 bits per heavy atom. The Morgan fingerprint density at radius 2 is 2.23 bits per heavy atom. The highest BCUT2D eigenvalue weighted by molar-refractivity contribution is 5.08. The summed E-state index contributed by atoms with van der Waals surface area (Å²) < 4.78 is 25.5. The van der Waals surface area contributed by atoms with Crippen molar-refractivity contribution in [3.8, 4) is 0 Å². The summed E-state index contributed by atoms with van der Waals surface area (Å²) in [6.07, 6.45) is 1.17. The number of imidazole rings is 1. The minimum atomic E-state index is -2.85. The number of nitrogens with one attached hydrogen (secondary N) is 2. The van der Waals surface area contributed by atoms with Crippen LogP contribution < -0.4 is 5.32 Å². The van der Waals surface area contributed by atoms with Gasteiger partial charge in [-0.1, -0.05) is 0 Å². The van der Waals surface area contributed by atoms with Gasteiger partial charge in [-0.05, 0) is 14.0 Å². The van der Waals surface area contributed by atoms with Crippen molar-refractivity contribution in [3.05, 3.63) is 17.7 Å². The van der Waals surface area contributed by atoms with Gasteiger partial charge in [0.05, 0.1) is 12.2 Å². The number of rotatable bonds is 3. The summed E-state index contributed by atoms with van der Waals surface area (Å²) in [6, 6.07) is -0.0453. The smallest absolute Gasteiger partial charge is 0.286 e. The molecular formula is C8H13F2N3. The number of halogens is 2. The fourth-order valence-electron chi connectivity index (χ4n) is 0.916. The van der Waals surface area contributed by atoms with Gasteiger partial charge < -0.3 is 10.3 Å². The first kappa shape index (κ1) is 10.1. The van der Waals surface area contributed by atoms with Crippen LogP contribution in [0.2, 0.25) is 0 Å². The van der Waals surface area contributed by atoms with Gasteiger partial charge >= 0.3 is 0 Å². The van der Waals surface area contributed by atoms with E-state index in [4.69, 9.17) is 0 Å². The molecule has 0 amide bonds. The molecule has 0 aliphatic rings. The van der Waals surface area contributed by atoms with Gasteiger partial charge in [0.25, 0.3) is 5.92 Å². The zero-order valence-electron chi connectivity index (χ0n) is 7.86. The normalized spacial score (nSPS) is 14.5. The molecule has 0 aliphatic carbocycles. The van der Waals surface area contributed by atoms with Crippen LogP contribution in [0.25, 0.3) is 0 Å². The van der Waals surface area contributed by atoms with Crippen LogP contribution in [0.4, 0.5) is 8.78 Å². The van der Waals surface area contributed by atoms with E-state index in [1.165, 1.54) is 6.20 Å². The summed E-state index contributed by atoms with van der Waals surface area (Å²) in [5, 5.41) is 2.91. The molecule has 0 radical (unpaired) electrons. The second kappa shape index (κ2) is 3.41. The second-order valence-corrected chi connectivity index (χ2v) is 3.08. The average molecular weight is 189 g/mol. The summed E-state index contributed by atoms with van der Waals surface area (Å²) in [6.45, 7) is 2.69. The van der Waals surface area contributed by atoms with E-state index in [0.29, 0.717) is 5.82 Å². The van der Waals surface area contributed by atoms with E-state index in [1.54, 1.807) is 7.05 Å². The first-order valence-electron chi connectivity index (χ1n) is 4.05. The van der Waals surface area contributed by atoms with Crippen LogP contribution in [0.15, 0.2) is 6.20 Å². The van der Waals surface area contributed by atoms with E-state index in [0.717, 1.165) is 6.92 Å². The van der Waals surface area contributed by atoms with E-state index in [2.05, 4.69) is 15.3 Å². The third-order valence-electron chi connectivity index (χ3n) is 1.91. The van der Waals surface area contributed by atoms with Crippen LogP contribution in [-0.2, 0) is 5.92 Å². The predicted molar refractivity (Wildman–Crippen MR) is 45.6 cm³/mol. The Bertz CT molecular complexity index is 277. The molecule has 0 saturated carbocycles. The van der Waals surface area contributed by atoms with Gasteiger partial charge in [-0.25, -0.2) is 4.98 Å². The van der Waals surface area contributed by atoms with Crippen LogP contribution in [0.5, 0.6) is 0 Å². The maximum Gasteiger partial charge on any atom is 0.286 e. The van der Waals surface area contributed by atoms with Crippen LogP contribution in [-0.4, -0.2) is 17.0 Å². The molecule has 1 aromatic rings. The number of H-pyrrole nitrogens is 1. The number of alkyl halides is 2. The highest BCUT2D eigenvalue weighted by Crippen LogP contribution is 2.25. The lowest BCUT2D eigenvalue weighted by Gasteiger charge is -2.08. The molecule has 1 atom stereocenters. The van der Waals surface area contributed by atoms with Gasteiger partial charge in [0.2, 0.25) is 0 Å². The highest BCUT2D eigenvalue weighted by atomic mass is 19.3. The predicted octanol–water partition coefficient (Wildman–Crippen LogP) is 1.80. The SMILES string of the molecule is CNC(C)c1ncc(C(C)(F)F)[nH]1. The van der Waals surface area contributed by atoms with E-state index < -0.39 is 5.92 Å². The molecule has 3 nitrogen and oxygen atoms in total. The number of hydrogen-bond acceptors (Lipinski definition) is 2. The molecule has 0 aliphatic heterocycles. The molecule has 1 heterocycles. The Labute approximate surface area is 75.6 Å². The van der Waals surface area contributed by atoms with Crippen molar-refractivity contribution in [1.82, 2.24) is 15.3 Å². The zero-order chi connectivity index (χ0) is 10.1. The van der Waals surface area contributed by atoms with E-state index in [9.17, 15) is 8.78 Å². The first-order chi connectivity index (χ1) is 5.95. The van der Waals surface area contributed by atoms with Gasteiger partial charge in [0.1, 0.15) is 11.5 Å². The van der Waals surface area contributed by atoms with Crippen molar-refractivity contribution < 1.29 is 8.78 Å². The van der Waals surface area contributed by atoms with Crippen LogP contribution in [0, 0.1) is 0 Å². The minimum absolute atomic E-state index is 0.0453. The standard InChI is InChI=1S/C8H13F2N3/c1-5(11-3)7-12-4-6(13-7)8(2,9)10/h4-5,11H,1-3H3,(H,12,13). The number of hydrogen-bond donors (Lipinski definition) is 2. The Morgan fingerprint density at radius 3 is 2.62 bits per heavy atom. The summed E-state index contributed by atoms with van der Waals surface area (Å²) in [5.74, 6) is -2.32. The van der Waals surface area contributed by atoms with E-state index in [-0.39, 0.29) is 11.7 Å². The topological polar surface area (TPSA) is 40.7 Å². The third-order valence-corrected chi connectivity index (χ3v) is 1.91. The van der Waals surface area contributed by atoms with Gasteiger partial charge in [-0.15, -0.1) is 0 Å². The van der Waals surface area contributed by atoms with Crippen molar-refractivity contribution in [2.24, 2.45) is 0 Å². The monoisotopic (exact) mass is 189 g/mol. The fourth-order valence-corrected chi connectivity index (χ4v) is 0.916. The lowest BCUT2D eigenvalue weighted by Crippen LogP contribution is -2.14. The quantitative estimate of drug-likeness (QED) is 0.761. The summed E-state index contributed by atoms with van der Waals surface area (Å²) in [4.78, 5) is 6.44. The lowest BCUT2D eigenvalue weighted by molar-refractivity contribution is 0.0130. The molecule has 1 aromatic heterocycles. The number of aromatic amines is 1. The van der Waals surface area contributed by atoms with Gasteiger partial charge in [0.15, 0.2) is 0 Å². The summed E-state index contributed by atoms with van der Waals surface area (Å²) >= 11 is 0. The number of aromatic nitrogens is 2. The lowest BCUT2D eigenvalue weighted by atomic mass is 10.3. The molecule has 0 fully saturated rings. The fraction of sp³-hybridized carbons (Fsp3) is 0.625. The molecule has 2 N–H and O–H groups in total. The van der Waals surface area contributed by atoms with E-state index >= 15 is 0 Å². The van der Waals surface area contributed by atoms with Crippen molar-refractivity contribution in [2.45, 2.75) is 25.8 Å². The summed E-state index contributed by atoms with van der Waals surface area (Å²) in [7, 11) is 1.75. The summed E-state index contributed by atoms with van der Waals surface area (Å²) in [5.41, 5.74) is -0.149. The van der Waals surface area contributed by atoms with E-state index in [1.807, 2.05) is 6.92 Å². The molecule has 1 unspecified atom stereocenters. The number of nitrogens with zero attached hydrogens (tertiary/aromatic N) is 1. The molecule has 5 heteroatoms. The minimum Gasteiger partial charge on any atom is -0.340 e. The van der Waals surface area contributed by atoms with Crippen molar-refractivity contribution in [1.29, 1.82) is 0 Å². The maximum atomic E-state index is 12.7. The first-order valence-corrected chi connectivity index (χ1v) is 4.05. The van der Waals surface area contributed by atoms with Crippen LogP contribution in [0.1, 0.15) is 31.4 Å². The van der Waals surface area contributed by atoms with Crippen LogP contribution >= 0.6 is 0 Å². The van der Waals surface area contributed by atoms with Crippen molar-refractivity contribution in [3.63, 3.8) is 0 Å². The average Bonchev–Trinajstić information content (AvgIpc) is 2.50. The zero-order valence-corrected chi connectivity index (χ0v) is 7.86. The molecule has 74 valence electrons. The van der Waals surface area contributed by atoms with Crippen molar-refractivity contribution in [2.75, 3.05) is 7.05 Å². The molecule has 0 saturated heterocycles. The van der Waals surface area contributed by atoms with Gasteiger partial charge in [0, 0.05) is 6.92 Å². The molecule has 0 aromatic carbocycles.